The van der Waals surface area contributed by atoms with Crippen molar-refractivity contribution >= 4 is 23.5 Å². The molecule has 0 spiro atoms. The number of hydrogen-bond acceptors (Lipinski definition) is 5. The highest BCUT2D eigenvalue weighted by atomic mass is 16.2. The number of carbonyl (C=O) groups is 3. The van der Waals surface area contributed by atoms with Crippen LogP contribution in [0.5, 0.6) is 0 Å². The van der Waals surface area contributed by atoms with E-state index in [9.17, 15) is 14.4 Å². The quantitative estimate of drug-likeness (QED) is 0.428. The summed E-state index contributed by atoms with van der Waals surface area (Å²) < 4.78 is 1.83. The standard InChI is InChI=1S/C28H42N6O3/c1-5-6-12-23(31-27(37)28(3,4)29)25(35)32-24-18-33(19-30-24)17-22(21-10-8-7-9-11-21)26(36)34-15-13-20(2)14-16-34/h7-11,18-20,22-23H,5-6,12-17,29H2,1-4H3,(H,31,37)(H,32,35)/t22?,23-/m1/s1. The molecule has 1 aromatic heterocycles. The van der Waals surface area contributed by atoms with Crippen LogP contribution < -0.4 is 16.4 Å². The Kier molecular flexibility index (Phi) is 9.86. The molecule has 9 nitrogen and oxygen atoms in total. The van der Waals surface area contributed by atoms with Gasteiger partial charge in [-0.1, -0.05) is 57.0 Å². The molecule has 1 unspecified atom stereocenters. The van der Waals surface area contributed by atoms with Gasteiger partial charge in [0.25, 0.3) is 0 Å². The highest BCUT2D eigenvalue weighted by Crippen LogP contribution is 2.25. The summed E-state index contributed by atoms with van der Waals surface area (Å²) in [5.41, 5.74) is 5.77. The Morgan fingerprint density at radius 2 is 1.84 bits per heavy atom. The Morgan fingerprint density at radius 3 is 2.46 bits per heavy atom. The predicted molar refractivity (Wildman–Crippen MR) is 145 cm³/mol. The van der Waals surface area contributed by atoms with Crippen molar-refractivity contribution in [2.45, 2.75) is 83.8 Å². The van der Waals surface area contributed by atoms with E-state index in [1.54, 1.807) is 26.4 Å². The van der Waals surface area contributed by atoms with Crippen LogP contribution in [0.15, 0.2) is 42.9 Å². The molecule has 3 rings (SSSR count). The molecule has 1 aliphatic rings. The summed E-state index contributed by atoms with van der Waals surface area (Å²) in [6.07, 6.45) is 7.57. The Hall–Kier alpha value is -3.20. The molecule has 4 N–H and O–H groups in total. The predicted octanol–water partition coefficient (Wildman–Crippen LogP) is 3.28. The number of piperidine rings is 1. The molecule has 2 heterocycles. The molecule has 37 heavy (non-hydrogen) atoms. The van der Waals surface area contributed by atoms with Crippen LogP contribution in [0, 0.1) is 5.92 Å². The molecule has 0 radical (unpaired) electrons. The topological polar surface area (TPSA) is 122 Å². The summed E-state index contributed by atoms with van der Waals surface area (Å²) in [5, 5.41) is 5.58. The number of imidazole rings is 1. The number of hydrogen-bond donors (Lipinski definition) is 3. The molecule has 1 aliphatic heterocycles. The van der Waals surface area contributed by atoms with Crippen molar-refractivity contribution in [3.05, 3.63) is 48.4 Å². The minimum absolute atomic E-state index is 0.115. The smallest absolute Gasteiger partial charge is 0.248 e. The van der Waals surface area contributed by atoms with E-state index in [0.29, 0.717) is 24.7 Å². The van der Waals surface area contributed by atoms with Gasteiger partial charge in [-0.3, -0.25) is 14.4 Å². The Bertz CT molecular complexity index is 1040. The summed E-state index contributed by atoms with van der Waals surface area (Å²) in [7, 11) is 0. The van der Waals surface area contributed by atoms with E-state index in [-0.39, 0.29) is 23.6 Å². The number of rotatable bonds is 11. The van der Waals surface area contributed by atoms with E-state index >= 15 is 0 Å². The number of unbranched alkanes of at least 4 members (excludes halogenated alkanes) is 1. The van der Waals surface area contributed by atoms with Crippen molar-refractivity contribution in [3.8, 4) is 0 Å². The molecule has 1 fully saturated rings. The number of nitrogens with one attached hydrogen (secondary N) is 2. The lowest BCUT2D eigenvalue weighted by atomic mass is 9.94. The van der Waals surface area contributed by atoms with Gasteiger partial charge in [-0.05, 0) is 44.6 Å². The van der Waals surface area contributed by atoms with Gasteiger partial charge in [0.2, 0.25) is 17.7 Å². The molecule has 9 heteroatoms. The molecular weight excluding hydrogens is 468 g/mol. The molecule has 1 aromatic carbocycles. The Morgan fingerprint density at radius 1 is 1.16 bits per heavy atom. The normalized spacial score (nSPS) is 16.2. The maximum atomic E-state index is 13.5. The average molecular weight is 511 g/mol. The first-order valence-corrected chi connectivity index (χ1v) is 13.3. The summed E-state index contributed by atoms with van der Waals surface area (Å²) >= 11 is 0. The van der Waals surface area contributed by atoms with Gasteiger partial charge in [0, 0.05) is 25.8 Å². The fraction of sp³-hybridized carbons (Fsp3) is 0.571. The second-order valence-electron chi connectivity index (χ2n) is 10.8. The lowest BCUT2D eigenvalue weighted by molar-refractivity contribution is -0.134. The third kappa shape index (κ3) is 8.15. The first-order chi connectivity index (χ1) is 17.6. The van der Waals surface area contributed by atoms with E-state index in [1.807, 2.05) is 46.7 Å². The van der Waals surface area contributed by atoms with Crippen molar-refractivity contribution in [2.75, 3.05) is 18.4 Å². The fourth-order valence-corrected chi connectivity index (χ4v) is 4.43. The van der Waals surface area contributed by atoms with Crippen molar-refractivity contribution in [3.63, 3.8) is 0 Å². The second-order valence-corrected chi connectivity index (χ2v) is 10.8. The zero-order chi connectivity index (χ0) is 27.0. The average Bonchev–Trinajstić information content (AvgIpc) is 3.31. The molecule has 2 atom stereocenters. The largest absolute Gasteiger partial charge is 0.343 e. The maximum Gasteiger partial charge on any atom is 0.248 e. The van der Waals surface area contributed by atoms with Gasteiger partial charge in [-0.25, -0.2) is 4.98 Å². The van der Waals surface area contributed by atoms with Gasteiger partial charge in [-0.15, -0.1) is 0 Å². The monoisotopic (exact) mass is 510 g/mol. The lowest BCUT2D eigenvalue weighted by Gasteiger charge is -2.33. The number of likely N-dealkylation sites (tertiary alicyclic amines) is 1. The Labute approximate surface area is 220 Å². The van der Waals surface area contributed by atoms with Crippen LogP contribution in [0.25, 0.3) is 0 Å². The maximum absolute atomic E-state index is 13.5. The van der Waals surface area contributed by atoms with Crippen LogP contribution in [0.2, 0.25) is 0 Å². The molecule has 3 amide bonds. The molecule has 2 aromatic rings. The number of carbonyl (C=O) groups excluding carboxylic acids is 3. The number of nitrogens with zero attached hydrogens (tertiary/aromatic N) is 3. The minimum atomic E-state index is -1.09. The summed E-state index contributed by atoms with van der Waals surface area (Å²) in [4.78, 5) is 45.2. The van der Waals surface area contributed by atoms with Crippen LogP contribution in [0.1, 0.15) is 71.3 Å². The fourth-order valence-electron chi connectivity index (χ4n) is 4.43. The van der Waals surface area contributed by atoms with E-state index in [4.69, 9.17) is 5.73 Å². The van der Waals surface area contributed by atoms with Gasteiger partial charge in [0.1, 0.15) is 6.04 Å². The summed E-state index contributed by atoms with van der Waals surface area (Å²) in [6, 6.07) is 9.09. The molecule has 0 saturated carbocycles. The molecular formula is C28H42N6O3. The summed E-state index contributed by atoms with van der Waals surface area (Å²) in [6.45, 7) is 9.43. The first-order valence-electron chi connectivity index (χ1n) is 13.3. The Balaban J connectivity index is 1.71. The molecule has 0 aliphatic carbocycles. The highest BCUT2D eigenvalue weighted by Gasteiger charge is 2.30. The van der Waals surface area contributed by atoms with Crippen molar-refractivity contribution in [2.24, 2.45) is 11.7 Å². The summed E-state index contributed by atoms with van der Waals surface area (Å²) in [5.74, 6) is 0.0552. The SMILES string of the molecule is CCCC[C@@H](NC(=O)C(C)(C)N)C(=O)Nc1cn(CC(C(=O)N2CCC(C)CC2)c2ccccc2)cn1. The van der Waals surface area contributed by atoms with Crippen molar-refractivity contribution in [1.29, 1.82) is 0 Å². The zero-order valence-corrected chi connectivity index (χ0v) is 22.6. The van der Waals surface area contributed by atoms with E-state index < -0.39 is 11.6 Å². The first kappa shape index (κ1) is 28.4. The number of nitrogens with two attached hydrogens (primary N) is 1. The van der Waals surface area contributed by atoms with Crippen LogP contribution in [0.4, 0.5) is 5.82 Å². The second kappa shape index (κ2) is 12.9. The van der Waals surface area contributed by atoms with E-state index in [1.165, 1.54) is 0 Å². The van der Waals surface area contributed by atoms with E-state index in [0.717, 1.165) is 44.3 Å². The number of anilines is 1. The van der Waals surface area contributed by atoms with Crippen LogP contribution in [0.3, 0.4) is 0 Å². The van der Waals surface area contributed by atoms with Crippen LogP contribution >= 0.6 is 0 Å². The van der Waals surface area contributed by atoms with Crippen LogP contribution in [-0.4, -0.2) is 56.8 Å². The lowest BCUT2D eigenvalue weighted by Crippen LogP contribution is -2.54. The third-order valence-corrected chi connectivity index (χ3v) is 6.93. The molecule has 0 bridgehead atoms. The minimum Gasteiger partial charge on any atom is -0.343 e. The van der Waals surface area contributed by atoms with Crippen molar-refractivity contribution < 1.29 is 14.4 Å². The zero-order valence-electron chi connectivity index (χ0n) is 22.6. The van der Waals surface area contributed by atoms with Gasteiger partial charge in [-0.2, -0.15) is 0 Å². The number of amides is 3. The highest BCUT2D eigenvalue weighted by molar-refractivity contribution is 5.97. The van der Waals surface area contributed by atoms with Gasteiger partial charge < -0.3 is 25.8 Å². The molecule has 202 valence electrons. The number of aromatic nitrogens is 2. The number of benzene rings is 1. The van der Waals surface area contributed by atoms with Gasteiger partial charge >= 0.3 is 0 Å². The third-order valence-electron chi connectivity index (χ3n) is 6.93. The molecule has 1 saturated heterocycles. The van der Waals surface area contributed by atoms with Crippen molar-refractivity contribution in [1.82, 2.24) is 19.8 Å². The van der Waals surface area contributed by atoms with Gasteiger partial charge in [0.05, 0.1) is 17.8 Å². The van der Waals surface area contributed by atoms with Crippen LogP contribution in [-0.2, 0) is 20.9 Å². The van der Waals surface area contributed by atoms with E-state index in [2.05, 4.69) is 22.5 Å². The van der Waals surface area contributed by atoms with Gasteiger partial charge in [0.15, 0.2) is 5.82 Å².